The molecule has 2 amide bonds. The highest BCUT2D eigenvalue weighted by Crippen LogP contribution is 2.31. The Morgan fingerprint density at radius 2 is 1.79 bits per heavy atom. The number of carbonyl (C=O) groups is 2. The average Bonchev–Trinajstić information content (AvgIpc) is 3.02. The van der Waals surface area contributed by atoms with Gasteiger partial charge in [0.15, 0.2) is 18.1 Å². The largest absolute Gasteiger partial charge is 0.493 e. The summed E-state index contributed by atoms with van der Waals surface area (Å²) < 4.78 is 11.3. The lowest BCUT2D eigenvalue weighted by Gasteiger charge is -2.27. The molecule has 0 atom stereocenters. The number of carbonyl (C=O) groups excluding carboxylic acids is 2. The van der Waals surface area contributed by atoms with E-state index in [0.29, 0.717) is 37.7 Å². The van der Waals surface area contributed by atoms with Crippen LogP contribution in [-0.4, -0.2) is 67.7 Å². The van der Waals surface area contributed by atoms with Gasteiger partial charge in [-0.2, -0.15) is 0 Å². The zero-order chi connectivity index (χ0) is 25.4. The van der Waals surface area contributed by atoms with Crippen LogP contribution in [0.3, 0.4) is 0 Å². The summed E-state index contributed by atoms with van der Waals surface area (Å²) in [6.45, 7) is 15.2. The maximum absolute atomic E-state index is 12.6. The molecule has 8 nitrogen and oxygen atoms in total. The highest BCUT2D eigenvalue weighted by molar-refractivity contribution is 5.96. The first kappa shape index (κ1) is 27.7. The van der Waals surface area contributed by atoms with Crippen LogP contribution in [-0.2, 0) is 16.1 Å². The van der Waals surface area contributed by atoms with Crippen LogP contribution in [0.4, 0.5) is 0 Å². The SMILES string of the molecule is CCN(CC)C(=O)COc1c(CNCCCNC(=O)C2=CC(C)(C)NC2(C)C)cccc1OC. The number of amides is 2. The lowest BCUT2D eigenvalue weighted by Crippen LogP contribution is -2.47. The minimum absolute atomic E-state index is 0.0237. The Morgan fingerprint density at radius 3 is 2.38 bits per heavy atom. The standard InChI is InChI=1S/C26H42N4O4/c1-8-30(9-2)22(31)18-34-23-19(12-10-13-21(23)33-7)17-27-14-11-15-28-24(32)20-16-25(3,4)29-26(20,5)6/h10,12-13,16,27,29H,8-9,11,14-15,17-18H2,1-7H3,(H,28,32). The van der Waals surface area contributed by atoms with Crippen LogP contribution in [0.25, 0.3) is 0 Å². The molecule has 0 spiro atoms. The van der Waals surface area contributed by atoms with Gasteiger partial charge in [-0.3, -0.25) is 14.9 Å². The van der Waals surface area contributed by atoms with Gasteiger partial charge in [-0.1, -0.05) is 18.2 Å². The lowest BCUT2D eigenvalue weighted by molar-refractivity contribution is -0.133. The number of hydrogen-bond acceptors (Lipinski definition) is 6. The van der Waals surface area contributed by atoms with Gasteiger partial charge in [-0.15, -0.1) is 0 Å². The van der Waals surface area contributed by atoms with Gasteiger partial charge in [0.05, 0.1) is 7.11 Å². The molecule has 0 aromatic heterocycles. The second-order valence-corrected chi connectivity index (χ2v) is 9.62. The van der Waals surface area contributed by atoms with Gasteiger partial charge in [0, 0.05) is 48.4 Å². The number of likely N-dealkylation sites (N-methyl/N-ethyl adjacent to an activating group) is 1. The van der Waals surface area contributed by atoms with Crippen molar-refractivity contribution in [3.63, 3.8) is 0 Å². The van der Waals surface area contributed by atoms with Crippen LogP contribution < -0.4 is 25.4 Å². The highest BCUT2D eigenvalue weighted by Gasteiger charge is 2.39. The summed E-state index contributed by atoms with van der Waals surface area (Å²) in [5, 5.41) is 9.88. The summed E-state index contributed by atoms with van der Waals surface area (Å²) in [4.78, 5) is 26.7. The number of ether oxygens (including phenoxy) is 2. The maximum atomic E-state index is 12.6. The molecule has 8 heteroatoms. The van der Waals surface area contributed by atoms with Crippen LogP contribution in [0.15, 0.2) is 29.8 Å². The van der Waals surface area contributed by atoms with E-state index in [1.54, 1.807) is 12.0 Å². The number of para-hydroxylation sites is 1. The molecule has 0 bridgehead atoms. The highest BCUT2D eigenvalue weighted by atomic mass is 16.5. The quantitative estimate of drug-likeness (QED) is 0.381. The van der Waals surface area contributed by atoms with E-state index in [4.69, 9.17) is 9.47 Å². The van der Waals surface area contributed by atoms with E-state index in [-0.39, 0.29) is 29.5 Å². The van der Waals surface area contributed by atoms with E-state index in [0.717, 1.165) is 24.1 Å². The zero-order valence-corrected chi connectivity index (χ0v) is 21.8. The van der Waals surface area contributed by atoms with Crippen molar-refractivity contribution in [2.24, 2.45) is 0 Å². The number of hydrogen-bond donors (Lipinski definition) is 3. The Labute approximate surface area is 204 Å². The van der Waals surface area contributed by atoms with Crippen LogP contribution in [0.5, 0.6) is 11.5 Å². The molecule has 2 rings (SSSR count). The van der Waals surface area contributed by atoms with Gasteiger partial charge in [-0.05, 0) is 60.6 Å². The molecule has 0 saturated carbocycles. The molecule has 1 aliphatic heterocycles. The topological polar surface area (TPSA) is 91.9 Å². The molecule has 190 valence electrons. The predicted octanol–water partition coefficient (Wildman–Crippen LogP) is 2.63. The van der Waals surface area contributed by atoms with E-state index in [1.807, 2.05) is 52.0 Å². The molecule has 1 aromatic carbocycles. The minimum atomic E-state index is -0.346. The normalized spacial score (nSPS) is 16.0. The molecule has 0 fully saturated rings. The molecule has 1 aliphatic rings. The van der Waals surface area contributed by atoms with Crippen LogP contribution in [0.2, 0.25) is 0 Å². The number of methoxy groups -OCH3 is 1. The van der Waals surface area contributed by atoms with Gasteiger partial charge in [0.1, 0.15) is 0 Å². The Balaban J connectivity index is 1.83. The third kappa shape index (κ3) is 7.46. The van der Waals surface area contributed by atoms with Crippen LogP contribution >= 0.6 is 0 Å². The van der Waals surface area contributed by atoms with Crippen molar-refractivity contribution < 1.29 is 19.1 Å². The molecule has 0 unspecified atom stereocenters. The van der Waals surface area contributed by atoms with Crippen molar-refractivity contribution in [2.45, 2.75) is 65.6 Å². The first-order valence-electron chi connectivity index (χ1n) is 12.1. The number of nitrogens with zero attached hydrogens (tertiary/aromatic N) is 1. The molecule has 3 N–H and O–H groups in total. The van der Waals surface area contributed by atoms with Crippen LogP contribution in [0.1, 0.15) is 53.5 Å². The molecule has 0 radical (unpaired) electrons. The Kier molecular flexibility index (Phi) is 9.94. The predicted molar refractivity (Wildman–Crippen MR) is 135 cm³/mol. The van der Waals surface area contributed by atoms with E-state index < -0.39 is 0 Å². The average molecular weight is 475 g/mol. The van der Waals surface area contributed by atoms with Gasteiger partial charge >= 0.3 is 0 Å². The summed E-state index contributed by atoms with van der Waals surface area (Å²) in [7, 11) is 1.59. The van der Waals surface area contributed by atoms with Gasteiger partial charge in [0.2, 0.25) is 5.91 Å². The zero-order valence-electron chi connectivity index (χ0n) is 21.8. The first-order chi connectivity index (χ1) is 16.0. The van der Waals surface area contributed by atoms with E-state index in [1.165, 1.54) is 0 Å². The molecule has 0 saturated heterocycles. The van der Waals surface area contributed by atoms with Crippen molar-refractivity contribution in [3.05, 3.63) is 35.4 Å². The van der Waals surface area contributed by atoms with Gasteiger partial charge in [0.25, 0.3) is 5.91 Å². The molecular formula is C26H42N4O4. The summed E-state index contributed by atoms with van der Waals surface area (Å²) >= 11 is 0. The van der Waals surface area contributed by atoms with E-state index in [2.05, 4.69) is 29.8 Å². The summed E-state index contributed by atoms with van der Waals surface area (Å²) in [5.74, 6) is 1.11. The van der Waals surface area contributed by atoms with Crippen molar-refractivity contribution in [1.29, 1.82) is 0 Å². The fraction of sp³-hybridized carbons (Fsp3) is 0.615. The number of nitrogens with one attached hydrogen (secondary N) is 3. The summed E-state index contributed by atoms with van der Waals surface area (Å²) in [6, 6.07) is 5.69. The first-order valence-corrected chi connectivity index (χ1v) is 12.1. The fourth-order valence-electron chi connectivity index (χ4n) is 4.36. The Morgan fingerprint density at radius 1 is 1.09 bits per heavy atom. The van der Waals surface area contributed by atoms with Crippen LogP contribution in [0, 0.1) is 0 Å². The molecule has 34 heavy (non-hydrogen) atoms. The smallest absolute Gasteiger partial charge is 0.260 e. The second kappa shape index (κ2) is 12.2. The molecule has 0 aliphatic carbocycles. The van der Waals surface area contributed by atoms with Crippen molar-refractivity contribution in [3.8, 4) is 11.5 Å². The minimum Gasteiger partial charge on any atom is -0.493 e. The molecular weight excluding hydrogens is 432 g/mol. The van der Waals surface area contributed by atoms with Gasteiger partial charge in [-0.25, -0.2) is 0 Å². The van der Waals surface area contributed by atoms with Crippen molar-refractivity contribution >= 4 is 11.8 Å². The summed E-state index contributed by atoms with van der Waals surface area (Å²) in [6.07, 6.45) is 2.80. The Hall–Kier alpha value is -2.58. The number of rotatable bonds is 13. The van der Waals surface area contributed by atoms with Crippen molar-refractivity contribution in [1.82, 2.24) is 20.9 Å². The molecule has 1 heterocycles. The van der Waals surface area contributed by atoms with Crippen molar-refractivity contribution in [2.75, 3.05) is 39.9 Å². The third-order valence-corrected chi connectivity index (χ3v) is 5.93. The number of benzene rings is 1. The summed E-state index contributed by atoms with van der Waals surface area (Å²) in [5.41, 5.74) is 1.16. The fourth-order valence-corrected chi connectivity index (χ4v) is 4.36. The van der Waals surface area contributed by atoms with E-state index in [9.17, 15) is 9.59 Å². The van der Waals surface area contributed by atoms with E-state index >= 15 is 0 Å². The molecule has 1 aromatic rings. The van der Waals surface area contributed by atoms with Gasteiger partial charge < -0.3 is 25.0 Å². The monoisotopic (exact) mass is 474 g/mol. The second-order valence-electron chi connectivity index (χ2n) is 9.62. The maximum Gasteiger partial charge on any atom is 0.260 e. The third-order valence-electron chi connectivity index (χ3n) is 5.93. The Bertz CT molecular complexity index is 876. The lowest BCUT2D eigenvalue weighted by atomic mass is 9.96.